The van der Waals surface area contributed by atoms with Gasteiger partial charge in [-0.1, -0.05) is 18.2 Å². The molecule has 0 radical (unpaired) electrons. The van der Waals surface area contributed by atoms with Gasteiger partial charge in [-0.05, 0) is 66.3 Å². The summed E-state index contributed by atoms with van der Waals surface area (Å²) in [6, 6.07) is 19.3. The van der Waals surface area contributed by atoms with E-state index in [1.807, 2.05) is 85.0 Å². The number of rotatable bonds is 8. The van der Waals surface area contributed by atoms with Crippen molar-refractivity contribution in [1.82, 2.24) is 15.2 Å². The van der Waals surface area contributed by atoms with Crippen molar-refractivity contribution >= 4 is 24.3 Å². The van der Waals surface area contributed by atoms with Crippen molar-refractivity contribution < 1.29 is 18.9 Å². The molecule has 1 N–H and O–H groups in total. The molecule has 1 aliphatic heterocycles. The van der Waals surface area contributed by atoms with Crippen LogP contribution in [0.4, 0.5) is 0 Å². The fourth-order valence-corrected chi connectivity index (χ4v) is 3.46. The Labute approximate surface area is 197 Å². The number of aromatic nitrogens is 3. The Balaban J connectivity index is 1.23. The second-order valence-electron chi connectivity index (χ2n) is 7.54. The SMILES string of the molecule is COc1cc(OCc2ccccn2)ccc1/C=C/c1cc(/C=C/c2ccc3c(c2)OCO3)n[nH]1. The van der Waals surface area contributed by atoms with Gasteiger partial charge in [-0.2, -0.15) is 5.10 Å². The molecule has 2 aromatic carbocycles. The van der Waals surface area contributed by atoms with Crippen LogP contribution in [0.25, 0.3) is 24.3 Å². The third-order valence-electron chi connectivity index (χ3n) is 5.22. The van der Waals surface area contributed by atoms with E-state index >= 15 is 0 Å². The lowest BCUT2D eigenvalue weighted by Crippen LogP contribution is -1.98. The molecule has 3 heterocycles. The van der Waals surface area contributed by atoms with Crippen LogP contribution in [0.5, 0.6) is 23.0 Å². The molecule has 2 aromatic heterocycles. The molecule has 170 valence electrons. The predicted octanol–water partition coefficient (Wildman–Crippen LogP) is 5.46. The lowest BCUT2D eigenvalue weighted by atomic mass is 10.1. The van der Waals surface area contributed by atoms with Crippen LogP contribution in [0, 0.1) is 0 Å². The Morgan fingerprint density at radius 1 is 0.941 bits per heavy atom. The first-order chi connectivity index (χ1) is 16.8. The molecule has 0 aliphatic carbocycles. The standard InChI is InChI=1S/C27H23N3O4/c1-31-26-16-24(32-17-23-4-2-3-13-28-23)11-8-20(26)7-10-22-15-21(29-30-22)9-5-19-6-12-25-27(14-19)34-18-33-25/h2-16H,17-18H2,1H3,(H,29,30)/b9-5+,10-7+. The van der Waals surface area contributed by atoms with Gasteiger partial charge >= 0.3 is 0 Å². The first-order valence-corrected chi connectivity index (χ1v) is 10.8. The molecule has 0 bridgehead atoms. The minimum Gasteiger partial charge on any atom is -0.496 e. The highest BCUT2D eigenvalue weighted by atomic mass is 16.7. The molecule has 0 saturated carbocycles. The predicted molar refractivity (Wildman–Crippen MR) is 131 cm³/mol. The number of nitrogens with zero attached hydrogens (tertiary/aromatic N) is 2. The minimum atomic E-state index is 0.267. The molecule has 0 atom stereocenters. The van der Waals surface area contributed by atoms with Crippen molar-refractivity contribution in [2.45, 2.75) is 6.61 Å². The zero-order valence-corrected chi connectivity index (χ0v) is 18.6. The van der Waals surface area contributed by atoms with Crippen molar-refractivity contribution in [3.05, 3.63) is 95.1 Å². The van der Waals surface area contributed by atoms with E-state index in [4.69, 9.17) is 18.9 Å². The Kier molecular flexibility index (Phi) is 6.25. The molecule has 0 amide bonds. The monoisotopic (exact) mass is 453 g/mol. The van der Waals surface area contributed by atoms with Crippen molar-refractivity contribution in [3.63, 3.8) is 0 Å². The second kappa shape index (κ2) is 9.95. The first kappa shape index (κ1) is 21.3. The van der Waals surface area contributed by atoms with Gasteiger partial charge in [0.05, 0.1) is 24.2 Å². The van der Waals surface area contributed by atoms with Gasteiger partial charge < -0.3 is 18.9 Å². The smallest absolute Gasteiger partial charge is 0.231 e. The number of nitrogens with one attached hydrogen (secondary N) is 1. The molecule has 4 aromatic rings. The number of H-pyrrole nitrogens is 1. The number of fused-ring (bicyclic) bond motifs is 1. The van der Waals surface area contributed by atoms with Crippen LogP contribution in [0.2, 0.25) is 0 Å². The molecule has 7 nitrogen and oxygen atoms in total. The Morgan fingerprint density at radius 2 is 1.88 bits per heavy atom. The second-order valence-corrected chi connectivity index (χ2v) is 7.54. The summed E-state index contributed by atoms with van der Waals surface area (Å²) < 4.78 is 22.2. The molecule has 0 unspecified atom stereocenters. The Hall–Kier alpha value is -4.52. The maximum atomic E-state index is 5.84. The first-order valence-electron chi connectivity index (χ1n) is 10.8. The van der Waals surface area contributed by atoms with E-state index in [0.717, 1.165) is 51.2 Å². The molecule has 1 aliphatic rings. The molecule has 0 saturated heterocycles. The Morgan fingerprint density at radius 3 is 2.76 bits per heavy atom. The van der Waals surface area contributed by atoms with E-state index in [0.29, 0.717) is 6.61 Å². The number of hydrogen-bond donors (Lipinski definition) is 1. The molecular weight excluding hydrogens is 430 g/mol. The highest BCUT2D eigenvalue weighted by Gasteiger charge is 2.12. The van der Waals surface area contributed by atoms with Crippen LogP contribution in [0.3, 0.4) is 0 Å². The summed E-state index contributed by atoms with van der Waals surface area (Å²) in [5.74, 6) is 2.97. The zero-order chi connectivity index (χ0) is 23.2. The van der Waals surface area contributed by atoms with Gasteiger partial charge in [0.1, 0.15) is 18.1 Å². The summed E-state index contributed by atoms with van der Waals surface area (Å²) in [6.07, 6.45) is 9.61. The highest BCUT2D eigenvalue weighted by molar-refractivity contribution is 5.74. The number of pyridine rings is 1. The minimum absolute atomic E-state index is 0.267. The summed E-state index contributed by atoms with van der Waals surface area (Å²) in [5, 5.41) is 7.39. The van der Waals surface area contributed by atoms with Crippen LogP contribution in [0.15, 0.2) is 66.9 Å². The van der Waals surface area contributed by atoms with E-state index in [-0.39, 0.29) is 6.79 Å². The normalized spacial score (nSPS) is 12.5. The van der Waals surface area contributed by atoms with E-state index in [1.54, 1.807) is 13.3 Å². The summed E-state index contributed by atoms with van der Waals surface area (Å²) in [6.45, 7) is 0.666. The van der Waals surface area contributed by atoms with E-state index in [1.165, 1.54) is 0 Å². The molecule has 7 heteroatoms. The van der Waals surface area contributed by atoms with Gasteiger partial charge in [-0.3, -0.25) is 10.1 Å². The Bertz CT molecular complexity index is 1330. The van der Waals surface area contributed by atoms with Gasteiger partial charge in [0.15, 0.2) is 11.5 Å². The number of methoxy groups -OCH3 is 1. The number of benzene rings is 2. The fourth-order valence-electron chi connectivity index (χ4n) is 3.46. The number of hydrogen-bond acceptors (Lipinski definition) is 6. The molecule has 34 heavy (non-hydrogen) atoms. The van der Waals surface area contributed by atoms with Crippen molar-refractivity contribution in [2.75, 3.05) is 13.9 Å². The quantitative estimate of drug-likeness (QED) is 0.382. The highest BCUT2D eigenvalue weighted by Crippen LogP contribution is 2.33. The maximum Gasteiger partial charge on any atom is 0.231 e. The average Bonchev–Trinajstić information content (AvgIpc) is 3.55. The van der Waals surface area contributed by atoms with E-state index in [9.17, 15) is 0 Å². The van der Waals surface area contributed by atoms with Gasteiger partial charge in [0, 0.05) is 17.8 Å². The van der Waals surface area contributed by atoms with Crippen LogP contribution in [0.1, 0.15) is 28.2 Å². The third-order valence-corrected chi connectivity index (χ3v) is 5.22. The summed E-state index contributed by atoms with van der Waals surface area (Å²) in [4.78, 5) is 4.27. The lowest BCUT2D eigenvalue weighted by molar-refractivity contribution is 0.174. The van der Waals surface area contributed by atoms with Crippen LogP contribution in [-0.2, 0) is 6.61 Å². The number of aromatic amines is 1. The lowest BCUT2D eigenvalue weighted by Gasteiger charge is -2.09. The average molecular weight is 453 g/mol. The third kappa shape index (κ3) is 5.10. The summed E-state index contributed by atoms with van der Waals surface area (Å²) in [7, 11) is 1.64. The van der Waals surface area contributed by atoms with E-state index in [2.05, 4.69) is 15.2 Å². The number of ether oxygens (including phenoxy) is 4. The van der Waals surface area contributed by atoms with Crippen LogP contribution < -0.4 is 18.9 Å². The van der Waals surface area contributed by atoms with Gasteiger partial charge in [-0.15, -0.1) is 0 Å². The van der Waals surface area contributed by atoms with Crippen LogP contribution in [-0.4, -0.2) is 29.1 Å². The van der Waals surface area contributed by atoms with Gasteiger partial charge in [-0.25, -0.2) is 0 Å². The largest absolute Gasteiger partial charge is 0.496 e. The van der Waals surface area contributed by atoms with Crippen molar-refractivity contribution in [2.24, 2.45) is 0 Å². The van der Waals surface area contributed by atoms with Gasteiger partial charge in [0.25, 0.3) is 0 Å². The van der Waals surface area contributed by atoms with Crippen molar-refractivity contribution in [3.8, 4) is 23.0 Å². The van der Waals surface area contributed by atoms with Crippen molar-refractivity contribution in [1.29, 1.82) is 0 Å². The van der Waals surface area contributed by atoms with Gasteiger partial charge in [0.2, 0.25) is 6.79 Å². The molecular formula is C27H23N3O4. The topological polar surface area (TPSA) is 78.5 Å². The zero-order valence-electron chi connectivity index (χ0n) is 18.6. The van der Waals surface area contributed by atoms with Crippen LogP contribution >= 0.6 is 0 Å². The fraction of sp³-hybridized carbons (Fsp3) is 0.111. The maximum absolute atomic E-state index is 5.84. The summed E-state index contributed by atoms with van der Waals surface area (Å²) in [5.41, 5.74) is 4.51. The molecule has 0 spiro atoms. The van der Waals surface area contributed by atoms with E-state index < -0.39 is 0 Å². The summed E-state index contributed by atoms with van der Waals surface area (Å²) >= 11 is 0. The molecule has 0 fully saturated rings. The molecule has 5 rings (SSSR count).